The number of benzene rings is 1. The molecule has 1 aliphatic carbocycles. The van der Waals surface area contributed by atoms with Gasteiger partial charge in [0.25, 0.3) is 0 Å². The lowest BCUT2D eigenvalue weighted by Gasteiger charge is -2.26. The lowest BCUT2D eigenvalue weighted by molar-refractivity contribution is -0.134. The average Bonchev–Trinajstić information content (AvgIpc) is 3.35. The number of hydrogen-bond donors (Lipinski definition) is 1. The van der Waals surface area contributed by atoms with E-state index in [4.69, 9.17) is 4.52 Å². The summed E-state index contributed by atoms with van der Waals surface area (Å²) >= 11 is 0. The van der Waals surface area contributed by atoms with E-state index in [2.05, 4.69) is 15.5 Å². The average molecular weight is 414 g/mol. The number of nitrogens with one attached hydrogen (secondary N) is 1. The van der Waals surface area contributed by atoms with E-state index in [9.17, 15) is 14.0 Å². The molecule has 2 amide bonds. The molecule has 2 aliphatic rings. The largest absolute Gasteiger partial charge is 0.353 e. The zero-order chi connectivity index (χ0) is 21.5. The van der Waals surface area contributed by atoms with Gasteiger partial charge in [0.15, 0.2) is 5.82 Å². The van der Waals surface area contributed by atoms with E-state index in [1.54, 1.807) is 19.1 Å². The van der Waals surface area contributed by atoms with Crippen molar-refractivity contribution in [3.63, 3.8) is 0 Å². The van der Waals surface area contributed by atoms with Crippen LogP contribution in [-0.4, -0.2) is 46.0 Å². The van der Waals surface area contributed by atoms with Crippen LogP contribution in [0.25, 0.3) is 0 Å². The van der Waals surface area contributed by atoms with Gasteiger partial charge < -0.3 is 14.7 Å². The molecule has 3 atom stereocenters. The first-order chi connectivity index (χ1) is 14.3. The number of carbonyl (C=O) groups excluding carboxylic acids is 2. The lowest BCUT2D eigenvalue weighted by Crippen LogP contribution is -2.40. The van der Waals surface area contributed by atoms with Crippen LogP contribution in [0.4, 0.5) is 4.39 Å². The minimum absolute atomic E-state index is 0.0357. The Kier molecular flexibility index (Phi) is 5.34. The molecular formula is C22H27FN4O3. The highest BCUT2D eigenvalue weighted by Gasteiger charge is 2.58. The van der Waals surface area contributed by atoms with Crippen molar-refractivity contribution in [2.24, 2.45) is 11.8 Å². The minimum atomic E-state index is -0.431. The van der Waals surface area contributed by atoms with Gasteiger partial charge in [0, 0.05) is 25.0 Å². The molecule has 0 bridgehead atoms. The summed E-state index contributed by atoms with van der Waals surface area (Å²) in [5, 5.41) is 7.08. The Balaban J connectivity index is 1.48. The van der Waals surface area contributed by atoms with Gasteiger partial charge in [-0.05, 0) is 43.4 Å². The molecule has 2 fully saturated rings. The molecule has 4 rings (SSSR count). The van der Waals surface area contributed by atoms with Crippen LogP contribution in [-0.2, 0) is 21.4 Å². The van der Waals surface area contributed by atoms with Crippen LogP contribution < -0.4 is 5.32 Å². The molecule has 0 spiro atoms. The van der Waals surface area contributed by atoms with Gasteiger partial charge >= 0.3 is 0 Å². The lowest BCUT2D eigenvalue weighted by atomic mass is 9.80. The zero-order valence-corrected chi connectivity index (χ0v) is 17.5. The van der Waals surface area contributed by atoms with Crippen molar-refractivity contribution >= 4 is 11.8 Å². The van der Waals surface area contributed by atoms with Crippen molar-refractivity contribution in [1.29, 1.82) is 0 Å². The predicted molar refractivity (Wildman–Crippen MR) is 107 cm³/mol. The van der Waals surface area contributed by atoms with Crippen molar-refractivity contribution in [3.05, 3.63) is 47.4 Å². The molecule has 0 radical (unpaired) electrons. The monoisotopic (exact) mass is 414 g/mol. The Morgan fingerprint density at radius 3 is 2.70 bits per heavy atom. The van der Waals surface area contributed by atoms with Gasteiger partial charge in [0.2, 0.25) is 17.7 Å². The second kappa shape index (κ2) is 7.81. The number of amides is 2. The number of aromatic nitrogens is 2. The summed E-state index contributed by atoms with van der Waals surface area (Å²) in [7, 11) is 0. The first-order valence-corrected chi connectivity index (χ1v) is 10.4. The summed E-state index contributed by atoms with van der Waals surface area (Å²) in [5.74, 6) is 0.901. The SMILES string of the molecule is Cc1noc([C@]23C[C@H](NC(=O)Cc4ccc(F)cc4)CC2CN(C(=O)C(C)C)C3)n1. The number of hydrogen-bond acceptors (Lipinski definition) is 5. The number of aryl methyl sites for hydroxylation is 1. The summed E-state index contributed by atoms with van der Waals surface area (Å²) in [4.78, 5) is 31.5. The fraction of sp³-hybridized carbons (Fsp3) is 0.545. The van der Waals surface area contributed by atoms with Gasteiger partial charge in [-0.1, -0.05) is 31.1 Å². The number of rotatable bonds is 5. The predicted octanol–water partition coefficient (Wildman–Crippen LogP) is 2.39. The normalized spacial score (nSPS) is 25.6. The van der Waals surface area contributed by atoms with Crippen LogP contribution in [0.3, 0.4) is 0 Å². The van der Waals surface area contributed by atoms with E-state index in [1.165, 1.54) is 12.1 Å². The van der Waals surface area contributed by atoms with Crippen LogP contribution >= 0.6 is 0 Å². The van der Waals surface area contributed by atoms with Gasteiger partial charge in [-0.3, -0.25) is 9.59 Å². The molecule has 2 aromatic rings. The molecule has 2 heterocycles. The Morgan fingerprint density at radius 1 is 1.33 bits per heavy atom. The van der Waals surface area contributed by atoms with Crippen molar-refractivity contribution in [2.45, 2.75) is 51.5 Å². The third kappa shape index (κ3) is 3.82. The number of carbonyl (C=O) groups is 2. The smallest absolute Gasteiger partial charge is 0.235 e. The van der Waals surface area contributed by atoms with Crippen LogP contribution in [0.5, 0.6) is 0 Å². The summed E-state index contributed by atoms with van der Waals surface area (Å²) in [6.45, 7) is 6.74. The molecule has 7 nitrogen and oxygen atoms in total. The van der Waals surface area contributed by atoms with Gasteiger partial charge in [-0.2, -0.15) is 4.98 Å². The van der Waals surface area contributed by atoms with Gasteiger partial charge in [-0.25, -0.2) is 4.39 Å². The first kappa shape index (κ1) is 20.5. The molecular weight excluding hydrogens is 387 g/mol. The molecule has 8 heteroatoms. The Hall–Kier alpha value is -2.77. The molecule has 1 aliphatic heterocycles. The van der Waals surface area contributed by atoms with Crippen molar-refractivity contribution in [3.8, 4) is 0 Å². The number of halogens is 1. The second-order valence-corrected chi connectivity index (χ2v) is 8.88. The fourth-order valence-electron chi connectivity index (χ4n) is 4.91. The third-order valence-electron chi connectivity index (χ3n) is 6.28. The van der Waals surface area contributed by atoms with E-state index in [0.29, 0.717) is 31.2 Å². The quantitative estimate of drug-likeness (QED) is 0.812. The van der Waals surface area contributed by atoms with E-state index in [0.717, 1.165) is 12.0 Å². The summed E-state index contributed by atoms with van der Waals surface area (Å²) in [6.07, 6.45) is 1.60. The summed E-state index contributed by atoms with van der Waals surface area (Å²) < 4.78 is 18.6. The zero-order valence-electron chi connectivity index (χ0n) is 17.5. The molecule has 1 unspecified atom stereocenters. The van der Waals surface area contributed by atoms with Gasteiger partial charge in [0.1, 0.15) is 5.82 Å². The van der Waals surface area contributed by atoms with Gasteiger partial charge in [0.05, 0.1) is 11.8 Å². The van der Waals surface area contributed by atoms with Crippen molar-refractivity contribution < 1.29 is 18.5 Å². The van der Waals surface area contributed by atoms with Crippen LogP contribution in [0.15, 0.2) is 28.8 Å². The molecule has 1 aromatic heterocycles. The third-order valence-corrected chi connectivity index (χ3v) is 6.28. The number of nitrogens with zero attached hydrogens (tertiary/aromatic N) is 3. The number of fused-ring (bicyclic) bond motifs is 1. The molecule has 1 saturated heterocycles. The minimum Gasteiger partial charge on any atom is -0.353 e. The Labute approximate surface area is 175 Å². The van der Waals surface area contributed by atoms with E-state index >= 15 is 0 Å². The topological polar surface area (TPSA) is 88.3 Å². The van der Waals surface area contributed by atoms with E-state index < -0.39 is 5.41 Å². The highest BCUT2D eigenvalue weighted by Crippen LogP contribution is 2.50. The Bertz CT molecular complexity index is 942. The standard InChI is InChI=1S/C22H27FN4O3/c1-13(2)20(29)27-11-16-9-18(10-22(16,12-27)21-24-14(3)26-30-21)25-19(28)8-15-4-6-17(23)7-5-15/h4-7,13,16,18H,8-12H2,1-3H3,(H,25,28)/t16?,18-,22+/m1/s1. The first-order valence-electron chi connectivity index (χ1n) is 10.4. The maximum Gasteiger partial charge on any atom is 0.235 e. The van der Waals surface area contributed by atoms with Crippen LogP contribution in [0.2, 0.25) is 0 Å². The number of likely N-dealkylation sites (tertiary alicyclic amines) is 1. The maximum atomic E-state index is 13.1. The van der Waals surface area contributed by atoms with E-state index in [-0.39, 0.29) is 41.9 Å². The Morgan fingerprint density at radius 2 is 2.07 bits per heavy atom. The summed E-state index contributed by atoms with van der Waals surface area (Å²) in [6, 6.07) is 5.92. The van der Waals surface area contributed by atoms with Crippen LogP contribution in [0.1, 0.15) is 44.0 Å². The fourth-order valence-corrected chi connectivity index (χ4v) is 4.91. The molecule has 1 N–H and O–H groups in total. The highest BCUT2D eigenvalue weighted by molar-refractivity contribution is 5.79. The molecule has 1 aromatic carbocycles. The van der Waals surface area contributed by atoms with Crippen molar-refractivity contribution in [2.75, 3.05) is 13.1 Å². The molecule has 1 saturated carbocycles. The van der Waals surface area contributed by atoms with Crippen molar-refractivity contribution in [1.82, 2.24) is 20.4 Å². The van der Waals surface area contributed by atoms with E-state index in [1.807, 2.05) is 18.7 Å². The molecule has 160 valence electrons. The molecule has 30 heavy (non-hydrogen) atoms. The van der Waals surface area contributed by atoms with Gasteiger partial charge in [-0.15, -0.1) is 0 Å². The summed E-state index contributed by atoms with van der Waals surface area (Å²) in [5.41, 5.74) is 0.336. The maximum absolute atomic E-state index is 13.1. The van der Waals surface area contributed by atoms with Crippen LogP contribution in [0, 0.1) is 24.6 Å². The highest BCUT2D eigenvalue weighted by atomic mass is 19.1. The second-order valence-electron chi connectivity index (χ2n) is 8.88.